The van der Waals surface area contributed by atoms with Gasteiger partial charge in [-0.2, -0.15) is 0 Å². The van der Waals surface area contributed by atoms with Crippen LogP contribution < -0.4 is 15.4 Å². The predicted molar refractivity (Wildman–Crippen MR) is 115 cm³/mol. The zero-order valence-electron chi connectivity index (χ0n) is 17.0. The molecule has 0 bridgehead atoms. The largest absolute Gasteiger partial charge is 0.497 e. The molecule has 1 saturated heterocycles. The summed E-state index contributed by atoms with van der Waals surface area (Å²) in [6.45, 7) is 2.12. The number of hydrogen-bond donors (Lipinski definition) is 2. The fourth-order valence-corrected chi connectivity index (χ4v) is 3.90. The lowest BCUT2D eigenvalue weighted by Gasteiger charge is -2.39. The number of nitrogens with zero attached hydrogens (tertiary/aromatic N) is 2. The first-order valence-corrected chi connectivity index (χ1v) is 9.88. The van der Waals surface area contributed by atoms with Crippen LogP contribution in [0.1, 0.15) is 34.8 Å². The third kappa shape index (κ3) is 5.27. The number of carbonyl (C=O) groups excluding carboxylic acids is 1. The summed E-state index contributed by atoms with van der Waals surface area (Å²) in [4.78, 5) is 18.7. The summed E-state index contributed by atoms with van der Waals surface area (Å²) in [7, 11) is 3.87. The number of nitrogens with one attached hydrogen (secondary N) is 2. The summed E-state index contributed by atoms with van der Waals surface area (Å²) in [6.07, 6.45) is 9.07. The van der Waals surface area contributed by atoms with Gasteiger partial charge in [0.05, 0.1) is 19.2 Å². The molecule has 0 spiro atoms. The van der Waals surface area contributed by atoms with Crippen LogP contribution in [0.5, 0.6) is 5.75 Å². The molecule has 29 heavy (non-hydrogen) atoms. The quantitative estimate of drug-likeness (QED) is 0.709. The maximum absolute atomic E-state index is 11.9. The van der Waals surface area contributed by atoms with Crippen molar-refractivity contribution >= 4 is 11.7 Å². The number of likely N-dealkylation sites (tertiary alicyclic amines) is 1. The summed E-state index contributed by atoms with van der Waals surface area (Å²) in [5, 5.41) is 6.08. The molecule has 152 valence electrons. The Morgan fingerprint density at radius 2 is 2.10 bits per heavy atom. The van der Waals surface area contributed by atoms with Gasteiger partial charge < -0.3 is 15.4 Å². The fraction of sp³-hybridized carbons (Fsp3) is 0.391. The molecule has 6 nitrogen and oxygen atoms in total. The molecule has 1 amide bonds. The van der Waals surface area contributed by atoms with Crippen LogP contribution in [-0.2, 0) is 0 Å². The van der Waals surface area contributed by atoms with E-state index in [0.29, 0.717) is 17.5 Å². The molecule has 1 fully saturated rings. The van der Waals surface area contributed by atoms with Crippen LogP contribution in [0.15, 0.2) is 42.6 Å². The second-order valence-corrected chi connectivity index (χ2v) is 7.30. The molecule has 1 aromatic heterocycles. The number of ether oxygens (including phenoxy) is 1. The number of benzene rings is 1. The fourth-order valence-electron chi connectivity index (χ4n) is 3.90. The molecule has 3 rings (SSSR count). The smallest absolute Gasteiger partial charge is 0.253 e. The average Bonchev–Trinajstić information content (AvgIpc) is 2.76. The van der Waals surface area contributed by atoms with Crippen LogP contribution in [0.4, 0.5) is 5.82 Å². The van der Waals surface area contributed by atoms with Crippen molar-refractivity contribution in [2.24, 2.45) is 5.92 Å². The summed E-state index contributed by atoms with van der Waals surface area (Å²) in [5.74, 6) is 4.27. The Morgan fingerprint density at radius 1 is 1.31 bits per heavy atom. The van der Waals surface area contributed by atoms with Gasteiger partial charge in [0.2, 0.25) is 0 Å². The van der Waals surface area contributed by atoms with Gasteiger partial charge in [0, 0.05) is 18.8 Å². The minimum atomic E-state index is -0.213. The summed E-state index contributed by atoms with van der Waals surface area (Å²) >= 11 is 0. The van der Waals surface area contributed by atoms with Crippen molar-refractivity contribution in [3.05, 3.63) is 53.7 Å². The third-order valence-corrected chi connectivity index (χ3v) is 5.39. The van der Waals surface area contributed by atoms with Gasteiger partial charge in [-0.05, 0) is 62.2 Å². The second kappa shape index (κ2) is 9.94. The topological polar surface area (TPSA) is 66.5 Å². The Kier molecular flexibility index (Phi) is 7.09. The van der Waals surface area contributed by atoms with Crippen LogP contribution in [-0.4, -0.2) is 49.6 Å². The first-order valence-electron chi connectivity index (χ1n) is 9.88. The van der Waals surface area contributed by atoms with Gasteiger partial charge in [-0.3, -0.25) is 9.69 Å². The van der Waals surface area contributed by atoms with Crippen molar-refractivity contribution in [3.8, 4) is 18.1 Å². The lowest BCUT2D eigenvalue weighted by atomic mass is 9.85. The third-order valence-electron chi connectivity index (χ3n) is 5.39. The van der Waals surface area contributed by atoms with Crippen LogP contribution in [0, 0.1) is 18.3 Å². The lowest BCUT2D eigenvalue weighted by molar-refractivity contribution is 0.0958. The lowest BCUT2D eigenvalue weighted by Crippen LogP contribution is -2.39. The zero-order valence-corrected chi connectivity index (χ0v) is 17.0. The van der Waals surface area contributed by atoms with Gasteiger partial charge in [-0.25, -0.2) is 4.98 Å². The van der Waals surface area contributed by atoms with Gasteiger partial charge in [0.1, 0.15) is 11.6 Å². The average molecular weight is 393 g/mol. The van der Waals surface area contributed by atoms with E-state index >= 15 is 0 Å². The Morgan fingerprint density at radius 3 is 2.76 bits per heavy atom. The molecule has 1 aromatic carbocycles. The molecule has 0 aliphatic carbocycles. The standard InChI is InChI=1S/C23H28N4O2/c1-4-13-24-23(28)19-9-12-21(26-16-19)25-15-18-6-5-14-27(2)22(18)17-7-10-20(29-3)11-8-17/h1,7-12,16,18,22H,5-6,13-15H2,2-3H3,(H,24,28)(H,25,26). The number of anilines is 1. The van der Waals surface area contributed by atoms with Crippen molar-refractivity contribution < 1.29 is 9.53 Å². The van der Waals surface area contributed by atoms with Crippen molar-refractivity contribution in [2.45, 2.75) is 18.9 Å². The first-order chi connectivity index (χ1) is 14.1. The SMILES string of the molecule is C#CCNC(=O)c1ccc(NCC2CCCN(C)C2c2ccc(OC)cc2)nc1. The van der Waals surface area contributed by atoms with Gasteiger partial charge in [0.25, 0.3) is 5.91 Å². The van der Waals surface area contributed by atoms with Crippen molar-refractivity contribution in [1.29, 1.82) is 0 Å². The predicted octanol–water partition coefficient (Wildman–Crippen LogP) is 2.95. The maximum atomic E-state index is 11.9. The summed E-state index contributed by atoms with van der Waals surface area (Å²) in [6, 6.07) is 12.3. The number of hydrogen-bond acceptors (Lipinski definition) is 5. The molecule has 2 atom stereocenters. The molecule has 1 aliphatic heterocycles. The molecule has 0 saturated carbocycles. The van der Waals surface area contributed by atoms with E-state index in [9.17, 15) is 4.79 Å². The highest BCUT2D eigenvalue weighted by Gasteiger charge is 2.30. The van der Waals surface area contributed by atoms with E-state index in [-0.39, 0.29) is 12.5 Å². The Hall–Kier alpha value is -3.04. The van der Waals surface area contributed by atoms with Gasteiger partial charge in [-0.1, -0.05) is 18.1 Å². The number of terminal acetylenes is 1. The Bertz CT molecular complexity index is 843. The van der Waals surface area contributed by atoms with Gasteiger partial charge in [0.15, 0.2) is 0 Å². The zero-order chi connectivity index (χ0) is 20.6. The van der Waals surface area contributed by atoms with E-state index in [1.165, 1.54) is 12.0 Å². The number of pyridine rings is 1. The number of rotatable bonds is 7. The van der Waals surface area contributed by atoms with Crippen molar-refractivity contribution in [3.63, 3.8) is 0 Å². The number of piperidine rings is 1. The molecule has 0 radical (unpaired) electrons. The normalized spacial score (nSPS) is 19.2. The van der Waals surface area contributed by atoms with Gasteiger partial charge in [-0.15, -0.1) is 6.42 Å². The van der Waals surface area contributed by atoms with Crippen LogP contribution in [0.2, 0.25) is 0 Å². The molecular formula is C23H28N4O2. The molecule has 6 heteroatoms. The number of carbonyl (C=O) groups is 1. The van der Waals surface area contributed by atoms with E-state index in [4.69, 9.17) is 11.2 Å². The molecule has 1 aliphatic rings. The highest BCUT2D eigenvalue weighted by Crippen LogP contribution is 2.35. The minimum absolute atomic E-state index is 0.209. The molecule has 2 N–H and O–H groups in total. The van der Waals surface area contributed by atoms with E-state index in [0.717, 1.165) is 31.1 Å². The first kappa shape index (κ1) is 20.7. The highest BCUT2D eigenvalue weighted by atomic mass is 16.5. The molecule has 2 unspecified atom stereocenters. The number of methoxy groups -OCH3 is 1. The molecule has 2 heterocycles. The molecular weight excluding hydrogens is 364 g/mol. The van der Waals surface area contributed by atoms with Crippen molar-refractivity contribution in [1.82, 2.24) is 15.2 Å². The minimum Gasteiger partial charge on any atom is -0.497 e. The monoisotopic (exact) mass is 392 g/mol. The van der Waals surface area contributed by atoms with E-state index < -0.39 is 0 Å². The van der Waals surface area contributed by atoms with E-state index in [1.807, 2.05) is 18.2 Å². The van der Waals surface area contributed by atoms with Crippen LogP contribution in [0.25, 0.3) is 0 Å². The van der Waals surface area contributed by atoms with Gasteiger partial charge >= 0.3 is 0 Å². The maximum Gasteiger partial charge on any atom is 0.253 e. The van der Waals surface area contributed by atoms with E-state index in [1.54, 1.807) is 19.4 Å². The number of aromatic nitrogens is 1. The highest BCUT2D eigenvalue weighted by molar-refractivity contribution is 5.94. The summed E-state index contributed by atoms with van der Waals surface area (Å²) < 4.78 is 5.29. The Labute approximate surface area is 172 Å². The van der Waals surface area contributed by atoms with Crippen LogP contribution >= 0.6 is 0 Å². The van der Waals surface area contributed by atoms with E-state index in [2.05, 4.69) is 45.6 Å². The van der Waals surface area contributed by atoms with Crippen molar-refractivity contribution in [2.75, 3.05) is 39.1 Å². The number of amides is 1. The molecule has 2 aromatic rings. The van der Waals surface area contributed by atoms with Crippen LogP contribution in [0.3, 0.4) is 0 Å². The second-order valence-electron chi connectivity index (χ2n) is 7.30. The Balaban J connectivity index is 1.64. The summed E-state index contributed by atoms with van der Waals surface area (Å²) in [5.41, 5.74) is 1.80.